The molecule has 0 radical (unpaired) electrons. The van der Waals surface area contributed by atoms with Crippen molar-refractivity contribution in [1.29, 1.82) is 0 Å². The number of aryl methyl sites for hydroxylation is 2. The smallest absolute Gasteiger partial charge is 0.331 e. The molecule has 0 aromatic heterocycles. The van der Waals surface area contributed by atoms with Crippen molar-refractivity contribution in [1.82, 2.24) is 0 Å². The zero-order chi connectivity index (χ0) is 23.2. The van der Waals surface area contributed by atoms with Gasteiger partial charge < -0.3 is 14.2 Å². The number of rotatable bonds is 6. The number of carbonyl (C=O) groups excluding carboxylic acids is 2. The summed E-state index contributed by atoms with van der Waals surface area (Å²) in [5.41, 5.74) is 4.56. The number of ether oxygens (including phenoxy) is 3. The Morgan fingerprint density at radius 3 is 2.06 bits per heavy atom. The van der Waals surface area contributed by atoms with Crippen molar-refractivity contribution >= 4 is 29.3 Å². The van der Waals surface area contributed by atoms with Crippen LogP contribution in [0, 0.1) is 0 Å². The highest BCUT2D eigenvalue weighted by atomic mass is 16.5. The van der Waals surface area contributed by atoms with E-state index in [9.17, 15) is 9.59 Å². The Hall–Kier alpha value is -4.06. The second-order valence-corrected chi connectivity index (χ2v) is 7.54. The average molecular weight is 443 g/mol. The van der Waals surface area contributed by atoms with Crippen LogP contribution in [0.3, 0.4) is 0 Å². The summed E-state index contributed by atoms with van der Waals surface area (Å²) >= 11 is 0. The highest BCUT2D eigenvalue weighted by Gasteiger charge is 2.26. The number of nitrogens with zero attached hydrogens (tertiary/aromatic N) is 1. The molecule has 0 unspecified atom stereocenters. The Morgan fingerprint density at radius 2 is 1.45 bits per heavy atom. The lowest BCUT2D eigenvalue weighted by Crippen LogP contribution is -2.31. The van der Waals surface area contributed by atoms with Gasteiger partial charge in [0.25, 0.3) is 5.91 Å². The van der Waals surface area contributed by atoms with Gasteiger partial charge in [-0.15, -0.1) is 0 Å². The molecule has 0 spiro atoms. The number of carbonyl (C=O) groups is 2. The molecule has 0 saturated carbocycles. The summed E-state index contributed by atoms with van der Waals surface area (Å²) in [7, 11) is 3.10. The van der Waals surface area contributed by atoms with Crippen LogP contribution in [0.5, 0.6) is 11.5 Å². The molecule has 0 aliphatic carbocycles. The molecular weight excluding hydrogens is 418 g/mol. The molecule has 0 saturated heterocycles. The van der Waals surface area contributed by atoms with Gasteiger partial charge >= 0.3 is 5.97 Å². The second-order valence-electron chi connectivity index (χ2n) is 7.54. The van der Waals surface area contributed by atoms with Crippen LogP contribution >= 0.6 is 0 Å². The van der Waals surface area contributed by atoms with Crippen LogP contribution in [0.25, 0.3) is 6.08 Å². The highest BCUT2D eigenvalue weighted by molar-refractivity contribution is 6.04. The van der Waals surface area contributed by atoms with E-state index < -0.39 is 5.97 Å². The minimum absolute atomic E-state index is 0.301. The molecule has 0 bridgehead atoms. The molecule has 1 amide bonds. The lowest BCUT2D eigenvalue weighted by atomic mass is 10.0. The third-order valence-corrected chi connectivity index (χ3v) is 5.54. The van der Waals surface area contributed by atoms with Crippen molar-refractivity contribution in [2.24, 2.45) is 0 Å². The molecule has 33 heavy (non-hydrogen) atoms. The first-order valence-electron chi connectivity index (χ1n) is 10.7. The van der Waals surface area contributed by atoms with Gasteiger partial charge in [-0.3, -0.25) is 9.69 Å². The summed E-state index contributed by atoms with van der Waals surface area (Å²) in [6.45, 7) is -0.363. The van der Waals surface area contributed by atoms with Crippen LogP contribution < -0.4 is 14.4 Å². The monoisotopic (exact) mass is 443 g/mol. The normalized spacial score (nSPS) is 12.5. The fraction of sp³-hybridized carbons (Fsp3) is 0.185. The fourth-order valence-electron chi connectivity index (χ4n) is 3.91. The molecule has 6 nitrogen and oxygen atoms in total. The second kappa shape index (κ2) is 10.0. The van der Waals surface area contributed by atoms with Crippen molar-refractivity contribution in [2.75, 3.05) is 25.7 Å². The predicted octanol–water partition coefficient (Wildman–Crippen LogP) is 4.72. The lowest BCUT2D eigenvalue weighted by Gasteiger charge is -2.24. The van der Waals surface area contributed by atoms with Crippen molar-refractivity contribution < 1.29 is 23.8 Å². The zero-order valence-corrected chi connectivity index (χ0v) is 18.6. The Labute approximate surface area is 193 Å². The van der Waals surface area contributed by atoms with Crippen LogP contribution in [0.2, 0.25) is 0 Å². The molecule has 0 fully saturated rings. The molecule has 3 aromatic carbocycles. The molecule has 1 aliphatic rings. The number of para-hydroxylation sites is 2. The summed E-state index contributed by atoms with van der Waals surface area (Å²) in [6.07, 6.45) is 4.57. The Bertz CT molecular complexity index is 1150. The third-order valence-electron chi connectivity index (χ3n) is 5.54. The van der Waals surface area contributed by atoms with E-state index in [-0.39, 0.29) is 12.5 Å². The van der Waals surface area contributed by atoms with E-state index in [2.05, 4.69) is 0 Å². The van der Waals surface area contributed by atoms with Gasteiger partial charge in [0, 0.05) is 6.08 Å². The summed E-state index contributed by atoms with van der Waals surface area (Å²) in [5, 5.41) is 0. The maximum absolute atomic E-state index is 13.2. The summed E-state index contributed by atoms with van der Waals surface area (Å²) in [5.74, 6) is 0.252. The standard InChI is InChI=1S/C27H25NO5/c1-31-24-15-11-19(17-25(24)32-2)12-16-27(30)33-18-26(29)28-22-9-5-3-7-20(22)13-14-21-8-4-6-10-23(21)28/h3-12,15-17H,13-14,18H2,1-2H3/b16-12+. The highest BCUT2D eigenvalue weighted by Crippen LogP contribution is 2.36. The number of hydrogen-bond acceptors (Lipinski definition) is 5. The summed E-state index contributed by atoms with van der Waals surface area (Å²) in [6, 6.07) is 20.9. The van der Waals surface area contributed by atoms with Crippen LogP contribution in [-0.2, 0) is 27.2 Å². The topological polar surface area (TPSA) is 65.1 Å². The SMILES string of the molecule is COc1ccc(/C=C/C(=O)OCC(=O)N2c3ccccc3CCc3ccccc32)cc1OC. The number of anilines is 2. The Morgan fingerprint density at radius 1 is 0.848 bits per heavy atom. The molecule has 6 heteroatoms. The predicted molar refractivity (Wildman–Crippen MR) is 127 cm³/mol. The first-order chi connectivity index (χ1) is 16.1. The van der Waals surface area contributed by atoms with Crippen molar-refractivity contribution in [3.05, 3.63) is 89.5 Å². The van der Waals surface area contributed by atoms with Gasteiger partial charge in [-0.25, -0.2) is 4.79 Å². The van der Waals surface area contributed by atoms with Gasteiger partial charge in [0.15, 0.2) is 18.1 Å². The molecule has 0 atom stereocenters. The molecular formula is C27H25NO5. The fourth-order valence-corrected chi connectivity index (χ4v) is 3.91. The van der Waals surface area contributed by atoms with E-state index in [0.29, 0.717) is 11.5 Å². The number of methoxy groups -OCH3 is 2. The van der Waals surface area contributed by atoms with Crippen LogP contribution in [0.4, 0.5) is 11.4 Å². The van der Waals surface area contributed by atoms with E-state index in [1.807, 2.05) is 48.5 Å². The first-order valence-corrected chi connectivity index (χ1v) is 10.7. The lowest BCUT2D eigenvalue weighted by molar-refractivity contribution is -0.142. The van der Waals surface area contributed by atoms with Crippen LogP contribution in [0.1, 0.15) is 16.7 Å². The molecule has 1 heterocycles. The number of amides is 1. The minimum Gasteiger partial charge on any atom is -0.493 e. The number of esters is 1. The molecule has 3 aromatic rings. The Balaban J connectivity index is 1.48. The van der Waals surface area contributed by atoms with Crippen molar-refractivity contribution in [3.8, 4) is 11.5 Å². The van der Waals surface area contributed by atoms with Crippen LogP contribution in [0.15, 0.2) is 72.8 Å². The summed E-state index contributed by atoms with van der Waals surface area (Å²) in [4.78, 5) is 27.2. The maximum atomic E-state index is 13.2. The van der Waals surface area contributed by atoms with E-state index in [1.165, 1.54) is 6.08 Å². The van der Waals surface area contributed by atoms with Crippen molar-refractivity contribution in [2.45, 2.75) is 12.8 Å². The van der Waals surface area contributed by atoms with Gasteiger partial charge in [-0.2, -0.15) is 0 Å². The first kappa shape index (κ1) is 22.1. The zero-order valence-electron chi connectivity index (χ0n) is 18.6. The minimum atomic E-state index is -0.602. The van der Waals surface area contributed by atoms with Gasteiger partial charge in [0.2, 0.25) is 0 Å². The van der Waals surface area contributed by atoms with Crippen molar-refractivity contribution in [3.63, 3.8) is 0 Å². The Kier molecular flexibility index (Phi) is 6.74. The summed E-state index contributed by atoms with van der Waals surface area (Å²) < 4.78 is 15.8. The van der Waals surface area contributed by atoms with E-state index in [4.69, 9.17) is 14.2 Å². The molecule has 1 aliphatic heterocycles. The van der Waals surface area contributed by atoms with E-state index in [1.54, 1.807) is 43.4 Å². The number of fused-ring (bicyclic) bond motifs is 2. The number of benzene rings is 3. The number of hydrogen-bond donors (Lipinski definition) is 0. The molecule has 4 rings (SSSR count). The molecule has 168 valence electrons. The van der Waals surface area contributed by atoms with Gasteiger partial charge in [0.05, 0.1) is 25.6 Å². The van der Waals surface area contributed by atoms with E-state index >= 15 is 0 Å². The van der Waals surface area contributed by atoms with Crippen LogP contribution in [-0.4, -0.2) is 32.7 Å². The maximum Gasteiger partial charge on any atom is 0.331 e. The van der Waals surface area contributed by atoms with Gasteiger partial charge in [-0.05, 0) is 59.9 Å². The third kappa shape index (κ3) is 4.90. The van der Waals surface area contributed by atoms with E-state index in [0.717, 1.165) is 40.9 Å². The molecule has 0 N–H and O–H groups in total. The quantitative estimate of drug-likeness (QED) is 0.407. The average Bonchev–Trinajstić information content (AvgIpc) is 3.02. The largest absolute Gasteiger partial charge is 0.493 e. The van der Waals surface area contributed by atoms with Gasteiger partial charge in [-0.1, -0.05) is 42.5 Å². The van der Waals surface area contributed by atoms with Gasteiger partial charge in [0.1, 0.15) is 0 Å².